The van der Waals surface area contributed by atoms with Crippen LogP contribution in [0.5, 0.6) is 0 Å². The Morgan fingerprint density at radius 2 is 1.69 bits per heavy atom. The van der Waals surface area contributed by atoms with E-state index >= 15 is 0 Å². The second-order valence-electron chi connectivity index (χ2n) is 12.6. The Bertz CT molecular complexity index is 898. The van der Waals surface area contributed by atoms with E-state index in [-0.39, 0.29) is 71.0 Å². The molecule has 4 saturated carbocycles. The van der Waals surface area contributed by atoms with Gasteiger partial charge in [0.2, 0.25) is 0 Å². The molecule has 0 amide bonds. The van der Waals surface area contributed by atoms with Crippen LogP contribution in [-0.4, -0.2) is 43.0 Å². The number of carbonyl (C=O) groups excluding carboxylic acids is 4. The zero-order chi connectivity index (χ0) is 26.4. The van der Waals surface area contributed by atoms with Crippen LogP contribution in [0, 0.1) is 46.3 Å². The van der Waals surface area contributed by atoms with Crippen molar-refractivity contribution in [2.45, 2.75) is 105 Å². The van der Waals surface area contributed by atoms with Gasteiger partial charge in [0, 0.05) is 38.0 Å². The van der Waals surface area contributed by atoms with Gasteiger partial charge in [0.05, 0.1) is 7.11 Å². The minimum absolute atomic E-state index is 0.0382. The number of hydrogen-bond donors (Lipinski definition) is 0. The maximum atomic E-state index is 14.0. The molecule has 0 aromatic carbocycles. The van der Waals surface area contributed by atoms with Gasteiger partial charge in [-0.15, -0.1) is 0 Å². The van der Waals surface area contributed by atoms with Crippen molar-refractivity contribution in [3.63, 3.8) is 0 Å². The summed E-state index contributed by atoms with van der Waals surface area (Å²) >= 11 is 0. The fourth-order valence-electron chi connectivity index (χ4n) is 9.14. The summed E-state index contributed by atoms with van der Waals surface area (Å²) in [5, 5.41) is 0. The van der Waals surface area contributed by atoms with E-state index in [4.69, 9.17) is 14.2 Å². The monoisotopic (exact) mass is 504 g/mol. The molecule has 7 nitrogen and oxygen atoms in total. The van der Waals surface area contributed by atoms with Crippen LogP contribution >= 0.6 is 0 Å². The van der Waals surface area contributed by atoms with Crippen molar-refractivity contribution >= 4 is 23.7 Å². The topological polar surface area (TPSA) is 96.0 Å². The van der Waals surface area contributed by atoms with Gasteiger partial charge in [0.15, 0.2) is 0 Å². The lowest BCUT2D eigenvalue weighted by atomic mass is 9.43. The van der Waals surface area contributed by atoms with Crippen LogP contribution in [0.25, 0.3) is 0 Å². The summed E-state index contributed by atoms with van der Waals surface area (Å²) in [6, 6.07) is 0. The Kier molecular flexibility index (Phi) is 7.60. The van der Waals surface area contributed by atoms with Gasteiger partial charge in [-0.2, -0.15) is 0 Å². The molecule has 0 aromatic rings. The van der Waals surface area contributed by atoms with Crippen LogP contribution in [0.15, 0.2) is 0 Å². The quantitative estimate of drug-likeness (QED) is 0.375. The third-order valence-corrected chi connectivity index (χ3v) is 10.9. The summed E-state index contributed by atoms with van der Waals surface area (Å²) in [7, 11) is 1.41. The number of esters is 3. The van der Waals surface area contributed by atoms with Crippen molar-refractivity contribution in [2.75, 3.05) is 7.11 Å². The number of Topliss-reactive ketones (excluding diaryl/α,β-unsaturated/α-hetero) is 1. The lowest BCUT2D eigenvalue weighted by Crippen LogP contribution is -2.62. The van der Waals surface area contributed by atoms with Crippen molar-refractivity contribution in [3.8, 4) is 0 Å². The highest BCUT2D eigenvalue weighted by Gasteiger charge is 2.66. The highest BCUT2D eigenvalue weighted by atomic mass is 16.5. The van der Waals surface area contributed by atoms with Gasteiger partial charge in [0.25, 0.3) is 0 Å². The zero-order valence-corrected chi connectivity index (χ0v) is 22.8. The van der Waals surface area contributed by atoms with Gasteiger partial charge in [0.1, 0.15) is 18.0 Å². The molecule has 10 atom stereocenters. The lowest BCUT2D eigenvalue weighted by molar-refractivity contribution is -0.196. The summed E-state index contributed by atoms with van der Waals surface area (Å²) in [5.74, 6) is 0.785. The first-order valence-electron chi connectivity index (χ1n) is 13.9. The van der Waals surface area contributed by atoms with Gasteiger partial charge in [-0.1, -0.05) is 20.8 Å². The highest BCUT2D eigenvalue weighted by Crippen LogP contribution is 2.67. The number of hydrogen-bond acceptors (Lipinski definition) is 7. The maximum absolute atomic E-state index is 14.0. The van der Waals surface area contributed by atoms with E-state index < -0.39 is 5.41 Å². The van der Waals surface area contributed by atoms with E-state index in [0.717, 1.165) is 38.5 Å². The molecule has 0 radical (unpaired) electrons. The molecule has 0 aromatic heterocycles. The third-order valence-electron chi connectivity index (χ3n) is 10.9. The second kappa shape index (κ2) is 10.1. The van der Waals surface area contributed by atoms with E-state index in [2.05, 4.69) is 20.8 Å². The van der Waals surface area contributed by atoms with Crippen molar-refractivity contribution in [1.82, 2.24) is 0 Å². The van der Waals surface area contributed by atoms with Gasteiger partial charge in [-0.25, -0.2) is 0 Å². The molecule has 0 N–H and O–H groups in total. The van der Waals surface area contributed by atoms with Crippen LogP contribution in [0.3, 0.4) is 0 Å². The van der Waals surface area contributed by atoms with E-state index in [1.165, 1.54) is 21.0 Å². The summed E-state index contributed by atoms with van der Waals surface area (Å²) in [4.78, 5) is 49.7. The van der Waals surface area contributed by atoms with Crippen LogP contribution in [-0.2, 0) is 33.4 Å². The van der Waals surface area contributed by atoms with Crippen molar-refractivity contribution in [1.29, 1.82) is 0 Å². The van der Waals surface area contributed by atoms with E-state index in [9.17, 15) is 19.2 Å². The molecule has 4 aliphatic carbocycles. The number of ketones is 1. The molecule has 4 aliphatic rings. The summed E-state index contributed by atoms with van der Waals surface area (Å²) in [6.07, 6.45) is 6.44. The van der Waals surface area contributed by atoms with E-state index in [0.29, 0.717) is 25.0 Å². The van der Waals surface area contributed by atoms with Crippen LogP contribution in [0.2, 0.25) is 0 Å². The second-order valence-corrected chi connectivity index (χ2v) is 12.6. The summed E-state index contributed by atoms with van der Waals surface area (Å²) in [5.41, 5.74) is -0.503. The SMILES string of the molecule is COC(=O)CC[C@@H](C)[C@H]1CC[C@H]2[C@@H]3[C@@H](OC(C)=O)C[C@@H]4C[C@@H](OC(C)=O)CC[C@]4(C)[C@H]3CC(=O)[C@]12C. The normalized spacial score (nSPS) is 42.4. The molecule has 4 rings (SSSR count). The van der Waals surface area contributed by atoms with Crippen molar-refractivity contribution in [2.24, 2.45) is 46.3 Å². The first-order valence-corrected chi connectivity index (χ1v) is 13.9. The first-order chi connectivity index (χ1) is 16.9. The standard InChI is InChI=1S/C29H44O7/c1-16(7-10-26(33)34-6)21-8-9-22-27-23(15-25(32)29(21,22)5)28(4)12-11-20(35-17(2)30)13-19(28)14-24(27)36-18(3)31/h16,19-24,27H,7-15H2,1-6H3/t16-,19+,20+,21-,22+,23+,24+,27+,28+,29-/m1/s1. The molecule has 4 fully saturated rings. The molecule has 0 heterocycles. The Balaban J connectivity index is 1.62. The van der Waals surface area contributed by atoms with Crippen LogP contribution in [0.1, 0.15) is 92.4 Å². The molecule has 36 heavy (non-hydrogen) atoms. The molecular weight excluding hydrogens is 460 g/mol. The lowest BCUT2D eigenvalue weighted by Gasteiger charge is -2.62. The molecule has 0 bridgehead atoms. The van der Waals surface area contributed by atoms with Gasteiger partial charge in [-0.3, -0.25) is 19.2 Å². The summed E-state index contributed by atoms with van der Waals surface area (Å²) < 4.78 is 16.5. The van der Waals surface area contributed by atoms with Gasteiger partial charge in [-0.05, 0) is 80.0 Å². The minimum Gasteiger partial charge on any atom is -0.469 e. The van der Waals surface area contributed by atoms with Gasteiger partial charge >= 0.3 is 17.9 Å². The average molecular weight is 505 g/mol. The number of methoxy groups -OCH3 is 1. The smallest absolute Gasteiger partial charge is 0.305 e. The van der Waals surface area contributed by atoms with Crippen LogP contribution < -0.4 is 0 Å². The Morgan fingerprint density at radius 3 is 2.33 bits per heavy atom. The molecular formula is C29H44O7. The predicted octanol–water partition coefficient (Wildman–Crippen LogP) is 4.89. The minimum atomic E-state index is -0.465. The molecule has 0 spiro atoms. The van der Waals surface area contributed by atoms with Crippen LogP contribution in [0.4, 0.5) is 0 Å². The van der Waals surface area contributed by atoms with E-state index in [1.54, 1.807) is 0 Å². The number of fused-ring (bicyclic) bond motifs is 5. The number of ether oxygens (including phenoxy) is 3. The maximum Gasteiger partial charge on any atom is 0.305 e. The highest BCUT2D eigenvalue weighted by molar-refractivity contribution is 5.87. The van der Waals surface area contributed by atoms with Crippen molar-refractivity contribution in [3.05, 3.63) is 0 Å². The fourth-order valence-corrected chi connectivity index (χ4v) is 9.14. The molecule has 0 unspecified atom stereocenters. The predicted molar refractivity (Wildman–Crippen MR) is 133 cm³/mol. The fraction of sp³-hybridized carbons (Fsp3) is 0.862. The number of rotatable bonds is 6. The third kappa shape index (κ3) is 4.60. The first kappa shape index (κ1) is 27.1. The Labute approximate surface area is 215 Å². The molecule has 7 heteroatoms. The molecule has 0 saturated heterocycles. The van der Waals surface area contributed by atoms with Crippen molar-refractivity contribution < 1.29 is 33.4 Å². The Morgan fingerprint density at radius 1 is 1.00 bits per heavy atom. The average Bonchev–Trinajstić information content (AvgIpc) is 3.16. The molecule has 202 valence electrons. The number of carbonyl (C=O) groups is 4. The zero-order valence-electron chi connectivity index (χ0n) is 22.8. The molecule has 0 aliphatic heterocycles. The van der Waals surface area contributed by atoms with E-state index in [1.807, 2.05) is 0 Å². The Hall–Kier alpha value is -1.92. The summed E-state index contributed by atoms with van der Waals surface area (Å²) in [6.45, 7) is 9.57. The largest absolute Gasteiger partial charge is 0.469 e. The van der Waals surface area contributed by atoms with Gasteiger partial charge < -0.3 is 14.2 Å².